The van der Waals surface area contributed by atoms with Crippen molar-refractivity contribution < 1.29 is 8.78 Å². The average molecular weight is 579 g/mol. The minimum absolute atomic E-state index is 0.0629. The molecule has 7 heteroatoms. The van der Waals surface area contributed by atoms with Gasteiger partial charge in [0.25, 0.3) is 6.43 Å². The van der Waals surface area contributed by atoms with Crippen molar-refractivity contribution in [1.29, 1.82) is 0 Å². The summed E-state index contributed by atoms with van der Waals surface area (Å²) >= 11 is 1.37. The zero-order chi connectivity index (χ0) is 30.1. The number of likely N-dealkylation sites (N-methyl/N-ethyl adjacent to an activating group) is 1. The van der Waals surface area contributed by atoms with Crippen LogP contribution in [0.3, 0.4) is 0 Å². The number of allylic oxidation sites excluding steroid dienone is 4. The van der Waals surface area contributed by atoms with Gasteiger partial charge in [0.1, 0.15) is 5.82 Å². The average Bonchev–Trinajstić information content (AvgIpc) is 3.31. The number of rotatable bonds is 11. The number of fused-ring (bicyclic) bond motifs is 2. The normalized spacial score (nSPS) is 14.4. The van der Waals surface area contributed by atoms with E-state index in [-0.39, 0.29) is 5.56 Å². The first kappa shape index (κ1) is 32.5. The third kappa shape index (κ3) is 7.63. The first-order valence-corrected chi connectivity index (χ1v) is 15.2. The second kappa shape index (κ2) is 15.3. The Balaban J connectivity index is 0.00000147. The number of alkyl halides is 2. The van der Waals surface area contributed by atoms with Crippen LogP contribution in [0.1, 0.15) is 88.5 Å². The lowest BCUT2D eigenvalue weighted by atomic mass is 9.97. The second-order valence-corrected chi connectivity index (χ2v) is 11.8. The molecule has 0 saturated carbocycles. The molecule has 1 aliphatic heterocycles. The molecule has 0 amide bonds. The summed E-state index contributed by atoms with van der Waals surface area (Å²) in [5.41, 5.74) is 3.84. The molecule has 220 valence electrons. The summed E-state index contributed by atoms with van der Waals surface area (Å²) in [6.45, 7) is 21.6. The number of halogens is 2. The number of nitrogens with zero attached hydrogens (tertiary/aromatic N) is 4. The number of thioether (sulfide) groups is 1. The van der Waals surface area contributed by atoms with Crippen molar-refractivity contribution in [3.05, 3.63) is 89.9 Å². The zero-order valence-electron chi connectivity index (χ0n) is 25.2. The third-order valence-electron chi connectivity index (χ3n) is 7.11. The van der Waals surface area contributed by atoms with Gasteiger partial charge in [0.2, 0.25) is 0 Å². The molecule has 0 radical (unpaired) electrons. The molecule has 41 heavy (non-hydrogen) atoms. The third-order valence-corrected chi connectivity index (χ3v) is 8.10. The Labute approximate surface area is 249 Å². The Kier molecular flexibility index (Phi) is 12.1. The maximum Gasteiger partial charge on any atom is 0.265 e. The van der Waals surface area contributed by atoms with Crippen molar-refractivity contribution >= 4 is 27.6 Å². The molecule has 1 aliphatic rings. The maximum atomic E-state index is 14.4. The van der Waals surface area contributed by atoms with E-state index < -0.39 is 6.43 Å². The molecule has 1 atom stereocenters. The predicted octanol–water partition coefficient (Wildman–Crippen LogP) is 10.2. The van der Waals surface area contributed by atoms with Gasteiger partial charge < -0.3 is 4.57 Å². The van der Waals surface area contributed by atoms with Crippen LogP contribution in [0.25, 0.3) is 27.1 Å². The van der Waals surface area contributed by atoms with E-state index in [0.717, 1.165) is 73.0 Å². The molecule has 3 aromatic rings. The SMILES string of the molecule is C=CC.C=CCCC(CCC)c1nc(-c2cccc3nc(/C(=C/C)SC(=C)C)c(C(F)F)cc23)c2n1CCN(C)C2. The zero-order valence-corrected chi connectivity index (χ0v) is 26.0. The first-order chi connectivity index (χ1) is 19.7. The first-order valence-electron chi connectivity index (χ1n) is 14.4. The van der Waals surface area contributed by atoms with E-state index in [0.29, 0.717) is 27.4 Å². The van der Waals surface area contributed by atoms with E-state index >= 15 is 0 Å². The lowest BCUT2D eigenvalue weighted by Crippen LogP contribution is -2.31. The van der Waals surface area contributed by atoms with Crippen molar-refractivity contribution in [3.8, 4) is 11.3 Å². The monoisotopic (exact) mass is 578 g/mol. The highest BCUT2D eigenvalue weighted by atomic mass is 32.2. The van der Waals surface area contributed by atoms with Gasteiger partial charge in [-0.3, -0.25) is 4.90 Å². The lowest BCUT2D eigenvalue weighted by molar-refractivity contribution is 0.151. The summed E-state index contributed by atoms with van der Waals surface area (Å²) < 4.78 is 31.2. The van der Waals surface area contributed by atoms with E-state index in [9.17, 15) is 8.78 Å². The Hall–Kier alpha value is -3.03. The fraction of sp³-hybridized carbons (Fsp3) is 0.412. The molecule has 0 fully saturated rings. The van der Waals surface area contributed by atoms with Crippen LogP contribution in [-0.4, -0.2) is 33.0 Å². The van der Waals surface area contributed by atoms with Crippen LogP contribution in [0.15, 0.2) is 67.1 Å². The summed E-state index contributed by atoms with van der Waals surface area (Å²) in [6.07, 6.45) is 6.98. The summed E-state index contributed by atoms with van der Waals surface area (Å²) in [6, 6.07) is 7.48. The van der Waals surface area contributed by atoms with Gasteiger partial charge in [-0.05, 0) is 64.1 Å². The van der Waals surface area contributed by atoms with Crippen LogP contribution in [0, 0.1) is 0 Å². The Morgan fingerprint density at radius 2 is 1.88 bits per heavy atom. The van der Waals surface area contributed by atoms with E-state index in [1.807, 2.05) is 51.1 Å². The number of hydrogen-bond acceptors (Lipinski definition) is 4. The molecule has 4 nitrogen and oxygen atoms in total. The molecular weight excluding hydrogens is 534 g/mol. The molecule has 0 aliphatic carbocycles. The number of benzene rings is 1. The van der Waals surface area contributed by atoms with Crippen LogP contribution < -0.4 is 0 Å². The number of imidazole rings is 1. The molecule has 2 aromatic heterocycles. The van der Waals surface area contributed by atoms with Crippen LogP contribution in [0.2, 0.25) is 0 Å². The van der Waals surface area contributed by atoms with Crippen LogP contribution in [0.4, 0.5) is 8.78 Å². The van der Waals surface area contributed by atoms with Crippen molar-refractivity contribution in [2.45, 2.75) is 78.8 Å². The van der Waals surface area contributed by atoms with Crippen molar-refractivity contribution in [3.63, 3.8) is 0 Å². The van der Waals surface area contributed by atoms with Gasteiger partial charge in [-0.1, -0.05) is 62.0 Å². The van der Waals surface area contributed by atoms with Gasteiger partial charge in [0.15, 0.2) is 0 Å². The van der Waals surface area contributed by atoms with Gasteiger partial charge in [0.05, 0.1) is 22.6 Å². The Bertz CT molecular complexity index is 1410. The molecule has 4 rings (SSSR count). The van der Waals surface area contributed by atoms with E-state index in [1.54, 1.807) is 12.1 Å². The molecule has 1 aromatic carbocycles. The summed E-state index contributed by atoms with van der Waals surface area (Å²) in [7, 11) is 2.12. The quantitative estimate of drug-likeness (QED) is 0.212. The number of pyridine rings is 1. The molecule has 3 heterocycles. The Morgan fingerprint density at radius 3 is 2.49 bits per heavy atom. The molecule has 0 spiro atoms. The fourth-order valence-corrected chi connectivity index (χ4v) is 6.08. The summed E-state index contributed by atoms with van der Waals surface area (Å²) in [4.78, 5) is 13.9. The summed E-state index contributed by atoms with van der Waals surface area (Å²) in [5, 5.41) is 0.709. The molecule has 0 N–H and O–H groups in total. The predicted molar refractivity (Wildman–Crippen MR) is 173 cm³/mol. The maximum absolute atomic E-state index is 14.4. The van der Waals surface area contributed by atoms with Crippen molar-refractivity contribution in [2.24, 2.45) is 0 Å². The van der Waals surface area contributed by atoms with Gasteiger partial charge in [-0.2, -0.15) is 0 Å². The molecule has 0 bridgehead atoms. The van der Waals surface area contributed by atoms with E-state index in [1.165, 1.54) is 11.8 Å². The highest BCUT2D eigenvalue weighted by molar-refractivity contribution is 8.11. The largest absolute Gasteiger partial charge is 0.329 e. The highest BCUT2D eigenvalue weighted by Gasteiger charge is 2.28. The topological polar surface area (TPSA) is 34.0 Å². The van der Waals surface area contributed by atoms with E-state index in [4.69, 9.17) is 9.97 Å². The van der Waals surface area contributed by atoms with Gasteiger partial charge >= 0.3 is 0 Å². The van der Waals surface area contributed by atoms with E-state index in [2.05, 4.69) is 43.2 Å². The van der Waals surface area contributed by atoms with Crippen LogP contribution in [0.5, 0.6) is 0 Å². The van der Waals surface area contributed by atoms with Crippen molar-refractivity contribution in [1.82, 2.24) is 19.4 Å². The smallest absolute Gasteiger partial charge is 0.265 e. The standard InChI is InChI=1S/C31H38F2N4S.C3H6/c1-7-10-13-21(12-8-2)31-35-28(26-19-36(6)16-17-37(26)31)22-14-11-15-25-23(22)18-24(30(32)33)29(34-25)27(9-3)38-20(4)5;1-3-2/h7,9,11,14-15,18,21,30H,1,4,8,10,12-13,16-17,19H2,2-3,5-6H3;3H,1H2,2H3/b27-9-;. The second-order valence-electron chi connectivity index (χ2n) is 10.5. The molecule has 0 saturated heterocycles. The van der Waals surface area contributed by atoms with Crippen molar-refractivity contribution in [2.75, 3.05) is 13.6 Å². The van der Waals surface area contributed by atoms with Crippen LogP contribution >= 0.6 is 11.8 Å². The fourth-order valence-electron chi connectivity index (χ4n) is 5.33. The van der Waals surface area contributed by atoms with Gasteiger partial charge in [-0.25, -0.2) is 18.7 Å². The molecular formula is C34H44F2N4S. The van der Waals surface area contributed by atoms with Gasteiger partial charge in [0, 0.05) is 47.0 Å². The Morgan fingerprint density at radius 1 is 1.15 bits per heavy atom. The van der Waals surface area contributed by atoms with Crippen LogP contribution in [-0.2, 0) is 13.1 Å². The minimum Gasteiger partial charge on any atom is -0.329 e. The summed E-state index contributed by atoms with van der Waals surface area (Å²) in [5.74, 6) is 1.44. The lowest BCUT2D eigenvalue weighted by Gasteiger charge is -2.27. The molecule has 1 unspecified atom stereocenters. The highest BCUT2D eigenvalue weighted by Crippen LogP contribution is 2.41. The number of aromatic nitrogens is 3. The number of hydrogen-bond donors (Lipinski definition) is 0. The minimum atomic E-state index is -2.65. The van der Waals surface area contributed by atoms with Gasteiger partial charge in [-0.15, -0.1) is 13.2 Å².